The van der Waals surface area contributed by atoms with Crippen molar-refractivity contribution in [3.8, 4) is 0 Å². The highest BCUT2D eigenvalue weighted by Gasteiger charge is 2.53. The molecule has 2 rings (SSSR count). The molecule has 0 unspecified atom stereocenters. The standard InChI is InChI=1S/C37H60O7Si2/c1-13-20-30(38)25-26-33(41-27-39-9)35(44-45(11,12)36(3,4)5)34(42-28-40-10)29(2)43-46(37(6,7)8,31-21-16-14-17-22-31)32-23-18-15-19-24-32/h13-19,21-26,29-30,33-35,38H,1,20,27-28H2,2-12H3/b26-25+/t29-,30+,33+,34-,35-/m0/s1. The highest BCUT2D eigenvalue weighted by molar-refractivity contribution is 6.99. The number of rotatable bonds is 19. The van der Waals surface area contributed by atoms with Gasteiger partial charge in [0.2, 0.25) is 0 Å². The number of aliphatic hydroxyl groups is 1. The van der Waals surface area contributed by atoms with E-state index in [-0.39, 0.29) is 23.7 Å². The second-order valence-corrected chi connectivity index (χ2v) is 23.4. The lowest BCUT2D eigenvalue weighted by molar-refractivity contribution is -0.174. The molecule has 0 spiro atoms. The first-order valence-electron chi connectivity index (χ1n) is 16.2. The molecule has 0 aliphatic rings. The number of hydrogen-bond donors (Lipinski definition) is 1. The number of ether oxygens (including phenoxy) is 4. The normalized spacial score (nSPS) is 16.6. The molecule has 5 atom stereocenters. The predicted molar refractivity (Wildman–Crippen MR) is 194 cm³/mol. The Morgan fingerprint density at radius 3 is 1.67 bits per heavy atom. The molecular weight excluding hydrogens is 613 g/mol. The van der Waals surface area contributed by atoms with E-state index in [1.54, 1.807) is 26.4 Å². The fraction of sp³-hybridized carbons (Fsp3) is 0.568. The Bertz CT molecular complexity index is 1140. The molecule has 0 aliphatic carbocycles. The van der Waals surface area contributed by atoms with Crippen LogP contribution in [0.3, 0.4) is 0 Å². The monoisotopic (exact) mass is 672 g/mol. The van der Waals surface area contributed by atoms with Crippen molar-refractivity contribution in [3.05, 3.63) is 85.5 Å². The number of aliphatic hydroxyl groups excluding tert-OH is 1. The summed E-state index contributed by atoms with van der Waals surface area (Å²) in [7, 11) is -2.18. The van der Waals surface area contributed by atoms with Crippen LogP contribution in [0, 0.1) is 0 Å². The average molecular weight is 673 g/mol. The highest BCUT2D eigenvalue weighted by Crippen LogP contribution is 2.41. The molecule has 46 heavy (non-hydrogen) atoms. The fourth-order valence-corrected chi connectivity index (χ4v) is 11.4. The average Bonchev–Trinajstić information content (AvgIpc) is 2.99. The molecule has 0 saturated heterocycles. The van der Waals surface area contributed by atoms with E-state index in [2.05, 4.69) is 117 Å². The maximum Gasteiger partial charge on any atom is 0.261 e. The minimum Gasteiger partial charge on any atom is -0.408 e. The Labute approximate surface area is 281 Å². The highest BCUT2D eigenvalue weighted by atomic mass is 28.4. The van der Waals surface area contributed by atoms with Gasteiger partial charge in [-0.25, -0.2) is 0 Å². The van der Waals surface area contributed by atoms with Crippen LogP contribution in [0.15, 0.2) is 85.5 Å². The van der Waals surface area contributed by atoms with Gasteiger partial charge in [-0.2, -0.15) is 0 Å². The summed E-state index contributed by atoms with van der Waals surface area (Å²) in [5.74, 6) is 0. The Hall–Kier alpha value is -1.93. The second-order valence-electron chi connectivity index (χ2n) is 14.4. The quantitative estimate of drug-likeness (QED) is 0.0998. The molecule has 7 nitrogen and oxygen atoms in total. The van der Waals surface area contributed by atoms with Crippen molar-refractivity contribution in [1.82, 2.24) is 0 Å². The summed E-state index contributed by atoms with van der Waals surface area (Å²) in [5.41, 5.74) is 0. The lowest BCUT2D eigenvalue weighted by Crippen LogP contribution is -2.69. The lowest BCUT2D eigenvalue weighted by Gasteiger charge is -2.48. The summed E-state index contributed by atoms with van der Waals surface area (Å²) < 4.78 is 38.5. The molecule has 258 valence electrons. The van der Waals surface area contributed by atoms with Gasteiger partial charge in [0.1, 0.15) is 31.9 Å². The van der Waals surface area contributed by atoms with E-state index >= 15 is 0 Å². The van der Waals surface area contributed by atoms with Crippen molar-refractivity contribution in [2.45, 2.75) is 109 Å². The van der Waals surface area contributed by atoms with Crippen LogP contribution in [0.1, 0.15) is 54.9 Å². The van der Waals surface area contributed by atoms with Crippen LogP contribution in [0.5, 0.6) is 0 Å². The third kappa shape index (κ3) is 10.5. The molecule has 2 aromatic carbocycles. The van der Waals surface area contributed by atoms with Crippen LogP contribution in [0.4, 0.5) is 0 Å². The van der Waals surface area contributed by atoms with Gasteiger partial charge in [0.05, 0.1) is 12.2 Å². The first-order chi connectivity index (χ1) is 21.6. The van der Waals surface area contributed by atoms with Crippen molar-refractivity contribution in [1.29, 1.82) is 0 Å². The molecule has 1 N–H and O–H groups in total. The van der Waals surface area contributed by atoms with Crippen LogP contribution < -0.4 is 10.4 Å². The predicted octanol–water partition coefficient (Wildman–Crippen LogP) is 6.81. The Morgan fingerprint density at radius 1 is 0.739 bits per heavy atom. The van der Waals surface area contributed by atoms with Gasteiger partial charge < -0.3 is 32.9 Å². The van der Waals surface area contributed by atoms with Gasteiger partial charge in [0.15, 0.2) is 8.32 Å². The largest absolute Gasteiger partial charge is 0.408 e. The van der Waals surface area contributed by atoms with Crippen LogP contribution in [-0.2, 0) is 27.8 Å². The van der Waals surface area contributed by atoms with Crippen molar-refractivity contribution < 1.29 is 32.9 Å². The van der Waals surface area contributed by atoms with Crippen LogP contribution in [-0.4, -0.2) is 80.1 Å². The van der Waals surface area contributed by atoms with Gasteiger partial charge >= 0.3 is 0 Å². The molecule has 0 heterocycles. The van der Waals surface area contributed by atoms with Crippen LogP contribution >= 0.6 is 0 Å². The Kier molecular flexibility index (Phi) is 15.8. The summed E-state index contributed by atoms with van der Waals surface area (Å²) in [4.78, 5) is 0. The molecular formula is C37H60O7Si2. The first-order valence-corrected chi connectivity index (χ1v) is 21.0. The van der Waals surface area contributed by atoms with Crippen molar-refractivity contribution in [3.63, 3.8) is 0 Å². The van der Waals surface area contributed by atoms with Gasteiger partial charge in [-0.15, -0.1) is 6.58 Å². The summed E-state index contributed by atoms with van der Waals surface area (Å²) in [6.07, 6.45) is 2.65. The van der Waals surface area contributed by atoms with E-state index in [9.17, 15) is 5.11 Å². The second kappa shape index (κ2) is 18.0. The van der Waals surface area contributed by atoms with Gasteiger partial charge in [0.25, 0.3) is 8.32 Å². The van der Waals surface area contributed by atoms with Crippen molar-refractivity contribution in [2.24, 2.45) is 0 Å². The molecule has 0 radical (unpaired) electrons. The summed E-state index contributed by atoms with van der Waals surface area (Å²) in [5, 5.41) is 12.6. The first kappa shape index (κ1) is 40.2. The smallest absolute Gasteiger partial charge is 0.261 e. The summed E-state index contributed by atoms with van der Waals surface area (Å²) in [6, 6.07) is 21.1. The number of hydrogen-bond acceptors (Lipinski definition) is 7. The van der Waals surface area contributed by atoms with Crippen molar-refractivity contribution in [2.75, 3.05) is 27.8 Å². The molecule has 0 saturated carbocycles. The Balaban J connectivity index is 2.81. The van der Waals surface area contributed by atoms with E-state index in [1.165, 1.54) is 10.4 Å². The van der Waals surface area contributed by atoms with E-state index in [0.29, 0.717) is 6.42 Å². The van der Waals surface area contributed by atoms with Gasteiger partial charge in [-0.1, -0.05) is 120 Å². The van der Waals surface area contributed by atoms with Gasteiger partial charge in [-0.05, 0) is 46.9 Å². The molecule has 0 bridgehead atoms. The third-order valence-corrected chi connectivity index (χ3v) is 18.4. The lowest BCUT2D eigenvalue weighted by atomic mass is 10.0. The maximum atomic E-state index is 10.6. The summed E-state index contributed by atoms with van der Waals surface area (Å²) in [6.45, 7) is 23.7. The molecule has 0 amide bonds. The molecule has 0 fully saturated rings. The minimum absolute atomic E-state index is 0.0326. The summed E-state index contributed by atoms with van der Waals surface area (Å²) >= 11 is 0. The van der Waals surface area contributed by atoms with Crippen LogP contribution in [0.2, 0.25) is 23.2 Å². The van der Waals surface area contributed by atoms with Gasteiger partial charge in [0, 0.05) is 14.2 Å². The molecule has 2 aromatic rings. The minimum atomic E-state index is -2.96. The fourth-order valence-electron chi connectivity index (χ4n) is 5.41. The molecule has 0 aromatic heterocycles. The topological polar surface area (TPSA) is 75.6 Å². The van der Waals surface area contributed by atoms with E-state index < -0.39 is 47.2 Å². The zero-order chi connectivity index (χ0) is 34.6. The molecule has 0 aliphatic heterocycles. The van der Waals surface area contributed by atoms with Gasteiger partial charge in [-0.3, -0.25) is 0 Å². The third-order valence-electron chi connectivity index (χ3n) is 8.81. The Morgan fingerprint density at radius 2 is 1.24 bits per heavy atom. The van der Waals surface area contributed by atoms with E-state index in [4.69, 9.17) is 27.8 Å². The SMILES string of the molecule is C=CC[C@@H](O)/C=C/[C@@H](OCOC)[C@H](O[Si](C)(C)C(C)(C)C)[C@@H](OCOC)[C@H](C)O[Si](c1ccccc1)(c1ccccc1)C(C)(C)C. The number of benzene rings is 2. The van der Waals surface area contributed by atoms with Crippen molar-refractivity contribution >= 4 is 27.0 Å². The zero-order valence-electron chi connectivity index (χ0n) is 30.1. The maximum absolute atomic E-state index is 10.6. The zero-order valence-corrected chi connectivity index (χ0v) is 32.1. The number of methoxy groups -OCH3 is 2. The van der Waals surface area contributed by atoms with E-state index in [1.807, 2.05) is 18.2 Å². The van der Waals surface area contributed by atoms with Crippen LogP contribution in [0.25, 0.3) is 0 Å². The van der Waals surface area contributed by atoms with E-state index in [0.717, 1.165) is 0 Å². The molecule has 9 heteroatoms.